The molecule has 13 heteroatoms. The van der Waals surface area contributed by atoms with Gasteiger partial charge < -0.3 is 0 Å². The zero-order chi connectivity index (χ0) is 20.4. The van der Waals surface area contributed by atoms with Gasteiger partial charge in [0.05, 0.1) is 0 Å². The van der Waals surface area contributed by atoms with E-state index in [0.717, 1.165) is 14.7 Å². The van der Waals surface area contributed by atoms with Crippen LogP contribution < -0.4 is 0 Å². The Labute approximate surface area is 149 Å². The van der Waals surface area contributed by atoms with Gasteiger partial charge >= 0.3 is 149 Å². The number of carboxylic acid groups (broad SMARTS) is 4. The Morgan fingerprint density at radius 3 is 1.23 bits per heavy atom. The van der Waals surface area contributed by atoms with E-state index in [1.165, 1.54) is 13.8 Å². The average Bonchev–Trinajstić information content (AvgIpc) is 2.48. The van der Waals surface area contributed by atoms with Crippen molar-refractivity contribution in [2.24, 2.45) is 0 Å². The van der Waals surface area contributed by atoms with E-state index in [1.807, 2.05) is 0 Å². The molecule has 0 amide bonds. The molecule has 146 valence electrons. The summed E-state index contributed by atoms with van der Waals surface area (Å²) in [5.74, 6) is -2.90. The summed E-state index contributed by atoms with van der Waals surface area (Å²) >= 11 is 0. The van der Waals surface area contributed by atoms with Crippen LogP contribution in [0.2, 0.25) is 0 Å². The van der Waals surface area contributed by atoms with Crippen LogP contribution in [0.25, 0.3) is 0 Å². The summed E-state index contributed by atoms with van der Waals surface area (Å²) < 4.78 is 11.0. The van der Waals surface area contributed by atoms with Gasteiger partial charge in [-0.1, -0.05) is 0 Å². The molecule has 0 aromatic heterocycles. The van der Waals surface area contributed by atoms with Crippen molar-refractivity contribution in [1.29, 1.82) is 0 Å². The van der Waals surface area contributed by atoms with E-state index in [2.05, 4.69) is 5.75 Å². The van der Waals surface area contributed by atoms with Gasteiger partial charge in [-0.2, -0.15) is 0 Å². The predicted octanol–water partition coefficient (Wildman–Crippen LogP) is -0.869. The minimum absolute atomic E-state index is 0.632. The molecule has 4 N–H and O–H groups in total. The first kappa shape index (κ1) is 23.8. The fraction of sp³-hybridized carbons (Fsp3) is 0.615. The third-order valence-corrected chi connectivity index (χ3v) is 3.68. The summed E-state index contributed by atoms with van der Waals surface area (Å²) in [5.41, 5.74) is 0. The molecule has 0 spiro atoms. The van der Waals surface area contributed by atoms with Gasteiger partial charge in [-0.25, -0.2) is 0 Å². The molecule has 0 saturated heterocycles. The molecule has 2 unspecified atom stereocenters. The maximum absolute atomic E-state index is 11.0. The van der Waals surface area contributed by atoms with E-state index in [1.54, 1.807) is 0 Å². The quantitative estimate of drug-likeness (QED) is 0.183. The molecule has 0 aromatic rings. The molecule has 26 heavy (non-hydrogen) atoms. The van der Waals surface area contributed by atoms with Crippen molar-refractivity contribution in [1.82, 2.24) is 14.7 Å². The molecule has 2 atom stereocenters. The fourth-order valence-corrected chi connectivity index (χ4v) is 2.64. The third-order valence-electron chi connectivity index (χ3n) is 3.37. The van der Waals surface area contributed by atoms with Crippen LogP contribution in [0, 0.1) is 5.75 Å². The molecule has 0 aliphatic carbocycles. The van der Waals surface area contributed by atoms with Crippen molar-refractivity contribution < 1.29 is 44.2 Å². The van der Waals surface area contributed by atoms with Gasteiger partial charge in [-0.3, -0.25) is 0 Å². The van der Waals surface area contributed by atoms with E-state index in [0.29, 0.717) is 0 Å². The first-order valence-electron chi connectivity index (χ1n) is 7.21. The summed E-state index contributed by atoms with van der Waals surface area (Å²) in [6.07, 6.45) is -1.97. The standard InChI is InChI=1S/C13H20N3O9P/c1-8(14(3-10(17)18)4-11(19)20)16(7-26-25)9(2)15(5-12(21)22)6-13(23)24/h8-9H,3-6H2,1-2H3,(H,17,18)(H,19,20)(H,21,22)(H,23,24). The summed E-state index contributed by atoms with van der Waals surface area (Å²) in [6, 6.07) is 0. The van der Waals surface area contributed by atoms with E-state index in [4.69, 9.17) is 20.4 Å². The molecule has 0 radical (unpaired) electrons. The Hall–Kier alpha value is -2.23. The van der Waals surface area contributed by atoms with Crippen molar-refractivity contribution in [2.45, 2.75) is 26.2 Å². The average molecular weight is 393 g/mol. The summed E-state index contributed by atoms with van der Waals surface area (Å²) in [7, 11) is -0.632. The molecule has 0 fully saturated rings. The van der Waals surface area contributed by atoms with Crippen molar-refractivity contribution in [3.8, 4) is 5.75 Å². The third kappa shape index (κ3) is 8.75. The second-order valence-corrected chi connectivity index (χ2v) is 5.63. The topological polar surface area (TPSA) is 176 Å². The number of hydrogen-bond donors (Lipinski definition) is 4. The predicted molar refractivity (Wildman–Crippen MR) is 85.9 cm³/mol. The van der Waals surface area contributed by atoms with Crippen LogP contribution in [0.5, 0.6) is 0 Å². The molecule has 0 heterocycles. The van der Waals surface area contributed by atoms with Crippen molar-refractivity contribution in [3.05, 3.63) is 0 Å². The summed E-state index contributed by atoms with van der Waals surface area (Å²) in [6.45, 7) is 0.163. The van der Waals surface area contributed by atoms with Crippen LogP contribution in [-0.4, -0.2) is 97.5 Å². The van der Waals surface area contributed by atoms with Crippen LogP contribution in [-0.2, 0) is 23.7 Å². The number of aliphatic carboxylic acids is 4. The number of carboxylic acids is 4. The first-order valence-corrected chi connectivity index (χ1v) is 8.02. The van der Waals surface area contributed by atoms with E-state index >= 15 is 0 Å². The van der Waals surface area contributed by atoms with Crippen molar-refractivity contribution in [3.63, 3.8) is 0 Å². The van der Waals surface area contributed by atoms with Crippen LogP contribution in [0.3, 0.4) is 0 Å². The first-order chi connectivity index (χ1) is 12.0. The number of nitrogens with zero attached hydrogens (tertiary/aromatic N) is 3. The summed E-state index contributed by atoms with van der Waals surface area (Å²) in [5, 5.41) is 35.8. The number of rotatable bonds is 12. The monoisotopic (exact) mass is 393 g/mol. The SMILES string of the molecule is CC(N(CC(=O)O)CC(=O)O)N(C#P=O)C(C)N(CC(=O)O)CC(=O)O. The Morgan fingerprint density at radius 1 is 0.769 bits per heavy atom. The molecule has 0 rings (SSSR count). The van der Waals surface area contributed by atoms with E-state index < -0.39 is 70.3 Å². The Kier molecular flexibility index (Phi) is 10.4. The maximum atomic E-state index is 11.0. The van der Waals surface area contributed by atoms with Gasteiger partial charge in [0.1, 0.15) is 0 Å². The van der Waals surface area contributed by atoms with Gasteiger partial charge in [0.2, 0.25) is 0 Å². The zero-order valence-corrected chi connectivity index (χ0v) is 15.0. The van der Waals surface area contributed by atoms with Crippen LogP contribution in [0.1, 0.15) is 13.8 Å². The number of carbonyl (C=O) groups is 4. The second kappa shape index (κ2) is 11.4. The minimum atomic E-state index is -1.31. The molecular formula is C13H20N3O9P. The molecule has 0 saturated carbocycles. The van der Waals surface area contributed by atoms with Gasteiger partial charge in [0.15, 0.2) is 0 Å². The second-order valence-electron chi connectivity index (χ2n) is 5.25. The molecule has 12 nitrogen and oxygen atoms in total. The molecular weight excluding hydrogens is 373 g/mol. The normalized spacial score (nSPS) is 13.3. The Balaban J connectivity index is 5.71. The van der Waals surface area contributed by atoms with E-state index in [-0.39, 0.29) is 0 Å². The van der Waals surface area contributed by atoms with Crippen molar-refractivity contribution in [2.75, 3.05) is 26.2 Å². The van der Waals surface area contributed by atoms with Gasteiger partial charge in [-0.05, 0) is 0 Å². The van der Waals surface area contributed by atoms with Gasteiger partial charge in [0.25, 0.3) is 0 Å². The van der Waals surface area contributed by atoms with Gasteiger partial charge in [-0.15, -0.1) is 0 Å². The Bertz CT molecular complexity index is 576. The van der Waals surface area contributed by atoms with Crippen LogP contribution in [0.15, 0.2) is 0 Å². The van der Waals surface area contributed by atoms with Crippen LogP contribution in [0.4, 0.5) is 0 Å². The van der Waals surface area contributed by atoms with Crippen molar-refractivity contribution >= 4 is 31.8 Å². The van der Waals surface area contributed by atoms with Gasteiger partial charge in [0, 0.05) is 0 Å². The van der Waals surface area contributed by atoms with E-state index in [9.17, 15) is 23.7 Å². The molecule has 0 aromatic carbocycles. The summed E-state index contributed by atoms with van der Waals surface area (Å²) in [4.78, 5) is 47.0. The van der Waals surface area contributed by atoms with Crippen LogP contribution >= 0.6 is 7.92 Å². The molecule has 0 aliphatic heterocycles. The molecule has 0 bridgehead atoms. The zero-order valence-electron chi connectivity index (χ0n) is 14.1. The molecule has 0 aliphatic rings. The Morgan fingerprint density at radius 2 is 1.04 bits per heavy atom. The fourth-order valence-electron chi connectivity index (χ4n) is 2.21. The number of hydrogen-bond acceptors (Lipinski definition) is 8.